The van der Waals surface area contributed by atoms with Gasteiger partial charge in [-0.1, -0.05) is 0 Å². The smallest absolute Gasteiger partial charge is 0.236 e. The Kier molecular flexibility index (Phi) is 7.41. The molecule has 0 aromatic carbocycles. The number of piperazine rings is 1. The highest BCUT2D eigenvalue weighted by atomic mass is 16.3. The van der Waals surface area contributed by atoms with E-state index in [9.17, 15) is 9.59 Å². The summed E-state index contributed by atoms with van der Waals surface area (Å²) in [6, 6.07) is 0. The fourth-order valence-corrected chi connectivity index (χ4v) is 3.37. The maximum atomic E-state index is 12.7. The monoisotopic (exact) mass is 341 g/mol. The first-order valence-corrected chi connectivity index (χ1v) is 8.77. The molecule has 2 saturated heterocycles. The lowest BCUT2D eigenvalue weighted by molar-refractivity contribution is -0.134. The molecule has 0 saturated carbocycles. The van der Waals surface area contributed by atoms with E-state index >= 15 is 0 Å². The Bertz CT molecular complexity index is 426. The van der Waals surface area contributed by atoms with Crippen LogP contribution in [0.1, 0.15) is 0 Å². The van der Waals surface area contributed by atoms with Crippen molar-refractivity contribution in [2.45, 2.75) is 0 Å². The van der Waals surface area contributed by atoms with Crippen molar-refractivity contribution in [1.82, 2.24) is 24.9 Å². The summed E-state index contributed by atoms with van der Waals surface area (Å²) in [5.41, 5.74) is 0. The van der Waals surface area contributed by atoms with Crippen LogP contribution in [0.2, 0.25) is 0 Å². The molecule has 8 heteroatoms. The van der Waals surface area contributed by atoms with E-state index in [1.165, 1.54) is 0 Å². The Morgan fingerprint density at radius 2 is 1.71 bits per heavy atom. The average Bonchev–Trinajstić information content (AvgIpc) is 2.78. The molecule has 2 aliphatic rings. The molecular weight excluding hydrogens is 310 g/mol. The zero-order chi connectivity index (χ0) is 17.5. The van der Waals surface area contributed by atoms with Crippen molar-refractivity contribution < 1.29 is 14.7 Å². The number of nitrogens with zero attached hydrogens (tertiary/aromatic N) is 4. The molecule has 0 aliphatic carbocycles. The van der Waals surface area contributed by atoms with E-state index in [0.717, 1.165) is 32.7 Å². The lowest BCUT2D eigenvalue weighted by Crippen LogP contribution is -2.51. The van der Waals surface area contributed by atoms with Gasteiger partial charge < -0.3 is 20.2 Å². The van der Waals surface area contributed by atoms with Crippen molar-refractivity contribution >= 4 is 11.8 Å². The molecule has 2 aliphatic heterocycles. The summed E-state index contributed by atoms with van der Waals surface area (Å²) in [7, 11) is 3.63. The van der Waals surface area contributed by atoms with Crippen molar-refractivity contribution in [2.24, 2.45) is 5.92 Å². The van der Waals surface area contributed by atoms with Crippen molar-refractivity contribution in [3.63, 3.8) is 0 Å². The molecule has 24 heavy (non-hydrogen) atoms. The van der Waals surface area contributed by atoms with Gasteiger partial charge in [0, 0.05) is 66.0 Å². The van der Waals surface area contributed by atoms with Crippen LogP contribution in [-0.4, -0.2) is 123 Å². The molecule has 0 radical (unpaired) electrons. The molecule has 2 amide bonds. The molecule has 2 rings (SSSR count). The van der Waals surface area contributed by atoms with Gasteiger partial charge in [0.05, 0.1) is 19.1 Å². The van der Waals surface area contributed by atoms with Gasteiger partial charge in [0.15, 0.2) is 0 Å². The number of hydrogen-bond acceptors (Lipinski definition) is 6. The lowest BCUT2D eigenvalue weighted by atomic mass is 10.1. The molecule has 2 heterocycles. The summed E-state index contributed by atoms with van der Waals surface area (Å²) >= 11 is 0. The first-order chi connectivity index (χ1) is 11.5. The minimum Gasteiger partial charge on any atom is -0.395 e. The number of carbonyl (C=O) groups excluding carboxylic acids is 2. The molecule has 0 aromatic rings. The van der Waals surface area contributed by atoms with Crippen LogP contribution in [0.4, 0.5) is 0 Å². The van der Waals surface area contributed by atoms with Gasteiger partial charge in [0.25, 0.3) is 0 Å². The molecule has 2 fully saturated rings. The van der Waals surface area contributed by atoms with E-state index in [1.807, 2.05) is 11.9 Å². The number of aliphatic hydroxyl groups is 1. The predicted molar refractivity (Wildman–Crippen MR) is 91.6 cm³/mol. The van der Waals surface area contributed by atoms with E-state index in [0.29, 0.717) is 32.7 Å². The number of rotatable bonds is 5. The summed E-state index contributed by atoms with van der Waals surface area (Å²) in [6.45, 7) is 7.41. The highest BCUT2D eigenvalue weighted by Crippen LogP contribution is 2.10. The summed E-state index contributed by atoms with van der Waals surface area (Å²) in [5, 5.41) is 11.7. The molecule has 0 spiro atoms. The minimum absolute atomic E-state index is 0.000771. The molecule has 0 aromatic heterocycles. The van der Waals surface area contributed by atoms with Gasteiger partial charge in [-0.05, 0) is 7.05 Å². The average molecular weight is 341 g/mol. The molecule has 138 valence electrons. The summed E-state index contributed by atoms with van der Waals surface area (Å²) in [4.78, 5) is 33.0. The van der Waals surface area contributed by atoms with Gasteiger partial charge in [-0.2, -0.15) is 0 Å². The minimum atomic E-state index is -0.173. The topological polar surface area (TPSA) is 79.4 Å². The maximum absolute atomic E-state index is 12.7. The molecule has 1 atom stereocenters. The molecule has 8 nitrogen and oxygen atoms in total. The van der Waals surface area contributed by atoms with Gasteiger partial charge in [-0.25, -0.2) is 0 Å². The number of β-amino-alcohol motifs (C(OH)–C–C–N with tert-alkyl or cyclic N) is 1. The Balaban J connectivity index is 1.85. The Labute approximate surface area is 144 Å². The number of carbonyl (C=O) groups is 2. The predicted octanol–water partition coefficient (Wildman–Crippen LogP) is -2.27. The van der Waals surface area contributed by atoms with Gasteiger partial charge in [0.2, 0.25) is 11.8 Å². The summed E-state index contributed by atoms with van der Waals surface area (Å²) < 4.78 is 0. The van der Waals surface area contributed by atoms with Crippen LogP contribution in [0.5, 0.6) is 0 Å². The van der Waals surface area contributed by atoms with Gasteiger partial charge in [0.1, 0.15) is 0 Å². The van der Waals surface area contributed by atoms with E-state index in [2.05, 4.69) is 20.0 Å². The van der Waals surface area contributed by atoms with Crippen LogP contribution in [0, 0.1) is 5.92 Å². The second-order valence-electron chi connectivity index (χ2n) is 6.75. The van der Waals surface area contributed by atoms with Crippen molar-refractivity contribution in [3.05, 3.63) is 0 Å². The molecule has 2 N–H and O–H groups in total. The SMILES string of the molecule is CNC(=O)[C@H]1CN(C)CCN(C(=O)CN2CCN(CCO)CC2)C1. The third-order valence-corrected chi connectivity index (χ3v) is 4.93. The standard InChI is InChI=1S/C16H31N5O3/c1-17-16(24)14-11-18(2)3-8-21(12-14)15(23)13-20-6-4-19(5-7-20)9-10-22/h14,22H,3-13H2,1-2H3,(H,17,24)/t14-/m0/s1. The van der Waals surface area contributed by atoms with Crippen LogP contribution in [-0.2, 0) is 9.59 Å². The third-order valence-electron chi connectivity index (χ3n) is 4.93. The van der Waals surface area contributed by atoms with E-state index in [4.69, 9.17) is 5.11 Å². The zero-order valence-corrected chi connectivity index (χ0v) is 14.9. The number of aliphatic hydroxyl groups excluding tert-OH is 1. The lowest BCUT2D eigenvalue weighted by Gasteiger charge is -2.35. The van der Waals surface area contributed by atoms with Crippen LogP contribution in [0.3, 0.4) is 0 Å². The Morgan fingerprint density at radius 3 is 2.33 bits per heavy atom. The van der Waals surface area contributed by atoms with Crippen molar-refractivity contribution in [1.29, 1.82) is 0 Å². The van der Waals surface area contributed by atoms with Crippen molar-refractivity contribution in [2.75, 3.05) is 86.1 Å². The second-order valence-corrected chi connectivity index (χ2v) is 6.75. The zero-order valence-electron chi connectivity index (χ0n) is 14.9. The van der Waals surface area contributed by atoms with Gasteiger partial charge in [-0.15, -0.1) is 0 Å². The van der Waals surface area contributed by atoms with Crippen molar-refractivity contribution in [3.8, 4) is 0 Å². The number of likely N-dealkylation sites (N-methyl/N-ethyl adjacent to an activating group) is 1. The van der Waals surface area contributed by atoms with E-state index in [1.54, 1.807) is 7.05 Å². The van der Waals surface area contributed by atoms with Crippen LogP contribution >= 0.6 is 0 Å². The van der Waals surface area contributed by atoms with Crippen LogP contribution in [0.25, 0.3) is 0 Å². The summed E-state index contributed by atoms with van der Waals surface area (Å²) in [6.07, 6.45) is 0. The van der Waals surface area contributed by atoms with Gasteiger partial charge in [-0.3, -0.25) is 19.4 Å². The molecule has 0 bridgehead atoms. The highest BCUT2D eigenvalue weighted by molar-refractivity contribution is 5.81. The maximum Gasteiger partial charge on any atom is 0.236 e. The van der Waals surface area contributed by atoms with Crippen LogP contribution in [0.15, 0.2) is 0 Å². The molecular formula is C16H31N5O3. The first-order valence-electron chi connectivity index (χ1n) is 8.77. The molecule has 0 unspecified atom stereocenters. The largest absolute Gasteiger partial charge is 0.395 e. The summed E-state index contributed by atoms with van der Waals surface area (Å²) in [5.74, 6) is -0.0677. The number of nitrogens with one attached hydrogen (secondary N) is 1. The Hall–Kier alpha value is -1.22. The Morgan fingerprint density at radius 1 is 1.04 bits per heavy atom. The fraction of sp³-hybridized carbons (Fsp3) is 0.875. The fourth-order valence-electron chi connectivity index (χ4n) is 3.37. The van der Waals surface area contributed by atoms with E-state index in [-0.39, 0.29) is 24.3 Å². The first kappa shape index (κ1) is 19.1. The van der Waals surface area contributed by atoms with Gasteiger partial charge >= 0.3 is 0 Å². The number of hydrogen-bond donors (Lipinski definition) is 2. The number of amides is 2. The van der Waals surface area contributed by atoms with E-state index < -0.39 is 0 Å². The quantitative estimate of drug-likeness (QED) is 0.587. The third kappa shape index (κ3) is 5.41. The second kappa shape index (κ2) is 9.31. The van der Waals surface area contributed by atoms with Crippen LogP contribution < -0.4 is 5.32 Å². The normalized spacial score (nSPS) is 24.6. The highest BCUT2D eigenvalue weighted by Gasteiger charge is 2.29.